The minimum atomic E-state index is 0.604. The van der Waals surface area contributed by atoms with E-state index in [0.717, 1.165) is 5.75 Å². The third-order valence-corrected chi connectivity index (χ3v) is 2.98. The van der Waals surface area contributed by atoms with Crippen molar-refractivity contribution in [3.05, 3.63) is 47.7 Å². The van der Waals surface area contributed by atoms with Crippen molar-refractivity contribution in [2.45, 2.75) is 20.6 Å². The highest BCUT2D eigenvalue weighted by molar-refractivity contribution is 5.68. The van der Waals surface area contributed by atoms with Gasteiger partial charge in [0, 0.05) is 12.1 Å². The Balaban J connectivity index is 2.31. The Labute approximate surface area is 95.1 Å². The lowest BCUT2D eigenvalue weighted by Crippen LogP contribution is -2.41. The number of aromatic nitrogens is 1. The topological polar surface area (TPSA) is 13.1 Å². The predicted octanol–water partition coefficient (Wildman–Crippen LogP) is 2.61. The minimum absolute atomic E-state index is 0.604. The molecule has 1 aromatic heterocycles. The van der Waals surface area contributed by atoms with E-state index >= 15 is 0 Å². The largest absolute Gasteiger partial charge is 0.435 e. The number of pyridine rings is 1. The lowest BCUT2D eigenvalue weighted by Gasteiger charge is -2.17. The molecule has 0 saturated heterocycles. The van der Waals surface area contributed by atoms with Crippen molar-refractivity contribution in [1.29, 1.82) is 0 Å². The van der Waals surface area contributed by atoms with Crippen molar-refractivity contribution in [1.82, 2.24) is 0 Å². The van der Waals surface area contributed by atoms with E-state index in [4.69, 9.17) is 4.74 Å². The Bertz CT molecular complexity index is 561. The minimum Gasteiger partial charge on any atom is -0.435 e. The highest BCUT2D eigenvalue weighted by atomic mass is 16.5. The lowest BCUT2D eigenvalue weighted by atomic mass is 10.0. The standard InChI is InChI=1S/C14H14NO/c1-10-7-11(2)14-12(8-10)13-5-3-4-6-15(13)9-16-14/h3-8H,9H2,1-2H3/q+1. The van der Waals surface area contributed by atoms with Crippen LogP contribution in [0.1, 0.15) is 11.1 Å². The molecule has 16 heavy (non-hydrogen) atoms. The second kappa shape index (κ2) is 3.34. The highest BCUT2D eigenvalue weighted by Gasteiger charge is 2.24. The van der Waals surface area contributed by atoms with Crippen molar-refractivity contribution in [2.75, 3.05) is 0 Å². The van der Waals surface area contributed by atoms with E-state index in [-0.39, 0.29) is 0 Å². The van der Waals surface area contributed by atoms with Crippen LogP contribution in [0.2, 0.25) is 0 Å². The number of hydrogen-bond donors (Lipinski definition) is 0. The molecule has 2 aromatic rings. The zero-order valence-electron chi connectivity index (χ0n) is 9.53. The van der Waals surface area contributed by atoms with Gasteiger partial charge in [0.1, 0.15) is 5.75 Å². The number of aryl methyl sites for hydroxylation is 2. The monoisotopic (exact) mass is 212 g/mol. The average Bonchev–Trinajstić information content (AvgIpc) is 2.28. The number of ether oxygens (including phenoxy) is 1. The van der Waals surface area contributed by atoms with Gasteiger partial charge < -0.3 is 4.74 Å². The van der Waals surface area contributed by atoms with E-state index in [1.165, 1.54) is 22.4 Å². The van der Waals surface area contributed by atoms with E-state index in [1.54, 1.807) is 0 Å². The molecule has 2 nitrogen and oxygen atoms in total. The van der Waals surface area contributed by atoms with Gasteiger partial charge in [0.2, 0.25) is 5.69 Å². The summed E-state index contributed by atoms with van der Waals surface area (Å²) < 4.78 is 7.92. The van der Waals surface area contributed by atoms with Gasteiger partial charge in [-0.2, -0.15) is 4.57 Å². The Morgan fingerprint density at radius 1 is 1.19 bits per heavy atom. The van der Waals surface area contributed by atoms with Crippen molar-refractivity contribution >= 4 is 0 Å². The van der Waals surface area contributed by atoms with Crippen LogP contribution in [0.5, 0.6) is 5.75 Å². The molecule has 0 fully saturated rings. The van der Waals surface area contributed by atoms with Crippen molar-refractivity contribution in [3.8, 4) is 17.0 Å². The number of rotatable bonds is 0. The molecule has 0 aliphatic carbocycles. The molecular formula is C14H14NO+. The van der Waals surface area contributed by atoms with Crippen LogP contribution < -0.4 is 9.30 Å². The quantitative estimate of drug-likeness (QED) is 0.612. The van der Waals surface area contributed by atoms with E-state index in [0.29, 0.717) is 6.73 Å². The Kier molecular flexibility index (Phi) is 1.96. The maximum absolute atomic E-state index is 5.80. The fourth-order valence-corrected chi connectivity index (χ4v) is 2.30. The molecule has 80 valence electrons. The Hall–Kier alpha value is -1.83. The Morgan fingerprint density at radius 3 is 2.94 bits per heavy atom. The zero-order valence-corrected chi connectivity index (χ0v) is 9.53. The average molecular weight is 212 g/mol. The summed E-state index contributed by atoms with van der Waals surface area (Å²) in [6.07, 6.45) is 2.05. The van der Waals surface area contributed by atoms with Crippen LogP contribution in [0, 0.1) is 13.8 Å². The normalized spacial score (nSPS) is 12.6. The molecule has 0 radical (unpaired) electrons. The predicted molar refractivity (Wildman–Crippen MR) is 62.2 cm³/mol. The third kappa shape index (κ3) is 1.30. The molecule has 2 heteroatoms. The first kappa shape index (κ1) is 9.40. The fraction of sp³-hybridized carbons (Fsp3) is 0.214. The second-order valence-corrected chi connectivity index (χ2v) is 4.29. The van der Waals surface area contributed by atoms with Crippen LogP contribution >= 0.6 is 0 Å². The zero-order chi connectivity index (χ0) is 11.1. The summed E-state index contributed by atoms with van der Waals surface area (Å²) in [7, 11) is 0. The van der Waals surface area contributed by atoms with E-state index in [9.17, 15) is 0 Å². The summed E-state index contributed by atoms with van der Waals surface area (Å²) in [4.78, 5) is 0. The number of hydrogen-bond acceptors (Lipinski definition) is 1. The maximum Gasteiger partial charge on any atom is 0.292 e. The summed E-state index contributed by atoms with van der Waals surface area (Å²) in [6.45, 7) is 4.83. The molecular weight excluding hydrogens is 198 g/mol. The molecule has 0 saturated carbocycles. The summed E-state index contributed by atoms with van der Waals surface area (Å²) in [6, 6.07) is 10.6. The summed E-state index contributed by atoms with van der Waals surface area (Å²) in [5.41, 5.74) is 4.92. The van der Waals surface area contributed by atoms with Crippen molar-refractivity contribution in [3.63, 3.8) is 0 Å². The molecule has 1 aromatic carbocycles. The van der Waals surface area contributed by atoms with Gasteiger partial charge in [-0.3, -0.25) is 0 Å². The van der Waals surface area contributed by atoms with Crippen LogP contribution in [0.25, 0.3) is 11.3 Å². The van der Waals surface area contributed by atoms with Gasteiger partial charge in [0.05, 0.1) is 5.56 Å². The van der Waals surface area contributed by atoms with Crippen LogP contribution in [-0.4, -0.2) is 0 Å². The van der Waals surface area contributed by atoms with Gasteiger partial charge in [-0.25, -0.2) is 0 Å². The molecule has 1 aliphatic rings. The molecule has 3 rings (SSSR count). The van der Waals surface area contributed by atoms with Gasteiger partial charge in [0.25, 0.3) is 6.73 Å². The highest BCUT2D eigenvalue weighted by Crippen LogP contribution is 2.34. The van der Waals surface area contributed by atoms with Gasteiger partial charge in [-0.05, 0) is 37.1 Å². The van der Waals surface area contributed by atoms with Gasteiger partial charge in [-0.15, -0.1) is 0 Å². The van der Waals surface area contributed by atoms with Crippen LogP contribution in [0.3, 0.4) is 0 Å². The third-order valence-electron chi connectivity index (χ3n) is 2.98. The first-order chi connectivity index (χ1) is 7.75. The maximum atomic E-state index is 5.80. The van der Waals surface area contributed by atoms with Crippen LogP contribution in [-0.2, 0) is 6.73 Å². The van der Waals surface area contributed by atoms with Crippen molar-refractivity contribution < 1.29 is 9.30 Å². The molecule has 0 N–H and O–H groups in total. The lowest BCUT2D eigenvalue weighted by molar-refractivity contribution is -0.717. The number of nitrogens with zero attached hydrogens (tertiary/aromatic N) is 1. The molecule has 2 heterocycles. The summed E-state index contributed by atoms with van der Waals surface area (Å²) in [5, 5.41) is 0. The fourth-order valence-electron chi connectivity index (χ4n) is 2.30. The summed E-state index contributed by atoms with van der Waals surface area (Å²) in [5.74, 6) is 1.02. The van der Waals surface area contributed by atoms with Gasteiger partial charge in [0.15, 0.2) is 6.20 Å². The van der Waals surface area contributed by atoms with Crippen LogP contribution in [0.4, 0.5) is 0 Å². The smallest absolute Gasteiger partial charge is 0.292 e. The first-order valence-corrected chi connectivity index (χ1v) is 5.48. The first-order valence-electron chi connectivity index (χ1n) is 5.48. The molecule has 0 spiro atoms. The molecule has 0 unspecified atom stereocenters. The molecule has 0 atom stereocenters. The molecule has 0 amide bonds. The van der Waals surface area contributed by atoms with E-state index in [1.807, 2.05) is 6.07 Å². The van der Waals surface area contributed by atoms with Gasteiger partial charge >= 0.3 is 0 Å². The second-order valence-electron chi connectivity index (χ2n) is 4.29. The number of fused-ring (bicyclic) bond motifs is 3. The molecule has 0 bridgehead atoms. The molecule has 1 aliphatic heterocycles. The van der Waals surface area contributed by atoms with E-state index in [2.05, 4.69) is 48.9 Å². The van der Waals surface area contributed by atoms with E-state index < -0.39 is 0 Å². The summed E-state index contributed by atoms with van der Waals surface area (Å²) >= 11 is 0. The van der Waals surface area contributed by atoms with Crippen molar-refractivity contribution in [2.24, 2.45) is 0 Å². The Morgan fingerprint density at radius 2 is 2.06 bits per heavy atom. The number of benzene rings is 1. The van der Waals surface area contributed by atoms with Crippen LogP contribution in [0.15, 0.2) is 36.5 Å². The van der Waals surface area contributed by atoms with Gasteiger partial charge in [-0.1, -0.05) is 6.07 Å². The SMILES string of the molecule is Cc1cc(C)c2c(c1)-c1cccc[n+]1CO2.